The smallest absolute Gasteiger partial charge is 0.123 e. The van der Waals surface area contributed by atoms with Gasteiger partial charge in [-0.1, -0.05) is 38.3 Å². The monoisotopic (exact) mass is 263 g/mol. The molecule has 2 heteroatoms. The Labute approximate surface area is 116 Å². The fourth-order valence-electron chi connectivity index (χ4n) is 3.15. The Kier molecular flexibility index (Phi) is 5.38. The Morgan fingerprint density at radius 2 is 1.89 bits per heavy atom. The molecular weight excluding hydrogens is 237 g/mol. The third-order valence-corrected chi connectivity index (χ3v) is 4.52. The van der Waals surface area contributed by atoms with Crippen molar-refractivity contribution in [3.63, 3.8) is 0 Å². The Morgan fingerprint density at radius 3 is 2.58 bits per heavy atom. The molecule has 2 rings (SSSR count). The molecule has 0 bridgehead atoms. The normalized spacial score (nSPS) is 25.8. The Morgan fingerprint density at radius 1 is 1.16 bits per heavy atom. The predicted molar refractivity (Wildman–Crippen MR) is 78.6 cm³/mol. The van der Waals surface area contributed by atoms with Crippen molar-refractivity contribution < 1.29 is 4.39 Å². The Bertz CT molecular complexity index is 373. The zero-order valence-corrected chi connectivity index (χ0v) is 12.2. The van der Waals surface area contributed by atoms with E-state index in [9.17, 15) is 4.39 Å². The van der Waals surface area contributed by atoms with Crippen molar-refractivity contribution in [2.24, 2.45) is 5.92 Å². The third-order valence-electron chi connectivity index (χ3n) is 4.52. The molecule has 1 fully saturated rings. The molecule has 1 aromatic carbocycles. The van der Waals surface area contributed by atoms with E-state index in [1.54, 1.807) is 12.1 Å². The molecule has 1 aliphatic rings. The van der Waals surface area contributed by atoms with Crippen LogP contribution in [0.4, 0.5) is 4.39 Å². The molecule has 1 N–H and O–H groups in total. The Balaban J connectivity index is 1.88. The fraction of sp³-hybridized carbons (Fsp3) is 0.647. The highest BCUT2D eigenvalue weighted by Crippen LogP contribution is 2.27. The molecular formula is C17H26FN. The maximum Gasteiger partial charge on any atom is 0.123 e. The minimum atomic E-state index is -0.156. The van der Waals surface area contributed by atoms with Crippen molar-refractivity contribution in [3.05, 3.63) is 35.6 Å². The van der Waals surface area contributed by atoms with E-state index in [4.69, 9.17) is 0 Å². The molecule has 0 aliphatic heterocycles. The van der Waals surface area contributed by atoms with E-state index in [0.29, 0.717) is 12.1 Å². The first-order chi connectivity index (χ1) is 9.19. The van der Waals surface area contributed by atoms with Crippen LogP contribution in [0.25, 0.3) is 0 Å². The van der Waals surface area contributed by atoms with Gasteiger partial charge in [0.15, 0.2) is 0 Å². The molecule has 106 valence electrons. The Hall–Kier alpha value is -0.890. The molecule has 0 saturated heterocycles. The number of rotatable bonds is 4. The summed E-state index contributed by atoms with van der Waals surface area (Å²) < 4.78 is 12.9. The zero-order chi connectivity index (χ0) is 13.7. The van der Waals surface area contributed by atoms with Gasteiger partial charge in [-0.15, -0.1) is 0 Å². The molecule has 3 unspecified atom stereocenters. The van der Waals surface area contributed by atoms with Gasteiger partial charge in [0.25, 0.3) is 0 Å². The summed E-state index contributed by atoms with van der Waals surface area (Å²) in [6.45, 7) is 4.48. The summed E-state index contributed by atoms with van der Waals surface area (Å²) >= 11 is 0. The van der Waals surface area contributed by atoms with Crippen LogP contribution in [0.5, 0.6) is 0 Å². The van der Waals surface area contributed by atoms with Crippen LogP contribution < -0.4 is 5.32 Å². The van der Waals surface area contributed by atoms with Crippen molar-refractivity contribution in [2.45, 2.75) is 64.5 Å². The number of nitrogens with one attached hydrogen (secondary N) is 1. The van der Waals surface area contributed by atoms with E-state index in [1.165, 1.54) is 44.1 Å². The standard InChI is InChI=1S/C17H26FN/c1-3-14-5-4-6-17(12-7-14)19-13(2)15-8-10-16(18)11-9-15/h8-11,13-14,17,19H,3-7,12H2,1-2H3. The van der Waals surface area contributed by atoms with Crippen LogP contribution in [0, 0.1) is 11.7 Å². The molecule has 0 spiro atoms. The number of hydrogen-bond donors (Lipinski definition) is 1. The summed E-state index contributed by atoms with van der Waals surface area (Å²) in [5, 5.41) is 3.72. The van der Waals surface area contributed by atoms with Gasteiger partial charge in [0.2, 0.25) is 0 Å². The van der Waals surface area contributed by atoms with E-state index in [-0.39, 0.29) is 5.82 Å². The second kappa shape index (κ2) is 7.04. The third kappa shape index (κ3) is 4.31. The van der Waals surface area contributed by atoms with Gasteiger partial charge < -0.3 is 5.32 Å². The van der Waals surface area contributed by atoms with E-state index in [1.807, 2.05) is 12.1 Å². The number of benzene rings is 1. The summed E-state index contributed by atoms with van der Waals surface area (Å²) in [6.07, 6.45) is 7.96. The maximum absolute atomic E-state index is 12.9. The second-order valence-corrected chi connectivity index (χ2v) is 5.92. The molecule has 1 aromatic rings. The first kappa shape index (κ1) is 14.5. The average molecular weight is 263 g/mol. The lowest BCUT2D eigenvalue weighted by atomic mass is 9.97. The van der Waals surface area contributed by atoms with Gasteiger partial charge >= 0.3 is 0 Å². The van der Waals surface area contributed by atoms with E-state index < -0.39 is 0 Å². The van der Waals surface area contributed by atoms with Gasteiger partial charge in [0, 0.05) is 12.1 Å². The molecule has 0 heterocycles. The average Bonchev–Trinajstić information content (AvgIpc) is 2.64. The summed E-state index contributed by atoms with van der Waals surface area (Å²) in [5.41, 5.74) is 1.18. The van der Waals surface area contributed by atoms with Gasteiger partial charge in [0.05, 0.1) is 0 Å². The van der Waals surface area contributed by atoms with Crippen molar-refractivity contribution in [1.82, 2.24) is 5.32 Å². The first-order valence-corrected chi connectivity index (χ1v) is 7.70. The predicted octanol–water partition coefficient (Wildman–Crippen LogP) is 4.84. The summed E-state index contributed by atoms with van der Waals surface area (Å²) in [5.74, 6) is 0.768. The van der Waals surface area contributed by atoms with Crippen molar-refractivity contribution in [2.75, 3.05) is 0 Å². The van der Waals surface area contributed by atoms with Crippen LogP contribution in [0.1, 0.15) is 64.0 Å². The molecule has 19 heavy (non-hydrogen) atoms. The van der Waals surface area contributed by atoms with Crippen molar-refractivity contribution in [1.29, 1.82) is 0 Å². The van der Waals surface area contributed by atoms with E-state index in [2.05, 4.69) is 19.2 Å². The van der Waals surface area contributed by atoms with Crippen molar-refractivity contribution in [3.8, 4) is 0 Å². The van der Waals surface area contributed by atoms with Crippen LogP contribution in [0.2, 0.25) is 0 Å². The second-order valence-electron chi connectivity index (χ2n) is 5.92. The molecule has 1 saturated carbocycles. The molecule has 0 aromatic heterocycles. The minimum Gasteiger partial charge on any atom is -0.307 e. The lowest BCUT2D eigenvalue weighted by Gasteiger charge is -2.22. The maximum atomic E-state index is 12.9. The van der Waals surface area contributed by atoms with Crippen LogP contribution >= 0.6 is 0 Å². The highest BCUT2D eigenvalue weighted by atomic mass is 19.1. The number of hydrogen-bond acceptors (Lipinski definition) is 1. The van der Waals surface area contributed by atoms with Crippen LogP contribution in [0.15, 0.2) is 24.3 Å². The highest BCUT2D eigenvalue weighted by molar-refractivity contribution is 5.19. The molecule has 0 radical (unpaired) electrons. The van der Waals surface area contributed by atoms with Gasteiger partial charge in [0.1, 0.15) is 5.82 Å². The quantitative estimate of drug-likeness (QED) is 0.767. The SMILES string of the molecule is CCC1CCCC(NC(C)c2ccc(F)cc2)CC1. The number of halogens is 1. The summed E-state index contributed by atoms with van der Waals surface area (Å²) in [7, 11) is 0. The largest absolute Gasteiger partial charge is 0.307 e. The van der Waals surface area contributed by atoms with Gasteiger partial charge in [-0.3, -0.25) is 0 Å². The van der Waals surface area contributed by atoms with Gasteiger partial charge in [-0.25, -0.2) is 4.39 Å². The minimum absolute atomic E-state index is 0.156. The molecule has 1 nitrogen and oxygen atoms in total. The summed E-state index contributed by atoms with van der Waals surface area (Å²) in [4.78, 5) is 0. The summed E-state index contributed by atoms with van der Waals surface area (Å²) in [6, 6.07) is 7.80. The molecule has 3 atom stereocenters. The fourth-order valence-corrected chi connectivity index (χ4v) is 3.15. The van der Waals surface area contributed by atoms with Crippen LogP contribution in [0.3, 0.4) is 0 Å². The topological polar surface area (TPSA) is 12.0 Å². The lowest BCUT2D eigenvalue weighted by molar-refractivity contribution is 0.399. The van der Waals surface area contributed by atoms with Crippen LogP contribution in [-0.2, 0) is 0 Å². The van der Waals surface area contributed by atoms with Gasteiger partial charge in [-0.2, -0.15) is 0 Å². The molecule has 1 aliphatic carbocycles. The van der Waals surface area contributed by atoms with Crippen LogP contribution in [-0.4, -0.2) is 6.04 Å². The molecule has 0 amide bonds. The first-order valence-electron chi connectivity index (χ1n) is 7.70. The zero-order valence-electron chi connectivity index (χ0n) is 12.2. The van der Waals surface area contributed by atoms with Crippen molar-refractivity contribution >= 4 is 0 Å². The highest BCUT2D eigenvalue weighted by Gasteiger charge is 2.19. The van der Waals surface area contributed by atoms with E-state index >= 15 is 0 Å². The van der Waals surface area contributed by atoms with Gasteiger partial charge in [-0.05, 0) is 49.8 Å². The van der Waals surface area contributed by atoms with E-state index in [0.717, 1.165) is 5.92 Å². The lowest BCUT2D eigenvalue weighted by Crippen LogP contribution is -2.31.